The first-order chi connectivity index (χ1) is 7.17. The zero-order chi connectivity index (χ0) is 11.3. The summed E-state index contributed by atoms with van der Waals surface area (Å²) in [4.78, 5) is 8.62. The highest BCUT2D eigenvalue weighted by molar-refractivity contribution is 5.08. The molecule has 4 nitrogen and oxygen atoms in total. The third-order valence-corrected chi connectivity index (χ3v) is 1.85. The minimum Gasteiger partial charge on any atom is -0.346 e. The van der Waals surface area contributed by atoms with E-state index in [-0.39, 0.29) is 0 Å². The Morgan fingerprint density at radius 3 is 1.93 bits per heavy atom. The first-order valence-corrected chi connectivity index (χ1v) is 5.22. The normalized spacial score (nSPS) is 11.0. The number of nitrogens with zero attached hydrogens (tertiary/aromatic N) is 2. The van der Waals surface area contributed by atoms with Crippen LogP contribution in [0.1, 0.15) is 37.3 Å². The van der Waals surface area contributed by atoms with Crippen LogP contribution < -0.4 is 0 Å². The van der Waals surface area contributed by atoms with E-state index in [0.717, 1.165) is 11.4 Å². The maximum Gasteiger partial charge on any atom is 0.219 e. The molecule has 0 unspecified atom stereocenters. The third-order valence-electron chi connectivity index (χ3n) is 1.85. The lowest BCUT2D eigenvalue weighted by Crippen LogP contribution is -2.13. The summed E-state index contributed by atoms with van der Waals surface area (Å²) in [5.74, 6) is 0.608. The number of hydrogen-bond acceptors (Lipinski definition) is 4. The van der Waals surface area contributed by atoms with Crippen LogP contribution in [0.25, 0.3) is 0 Å². The molecule has 0 bridgehead atoms. The van der Waals surface area contributed by atoms with Gasteiger partial charge in [0.25, 0.3) is 0 Å². The van der Waals surface area contributed by atoms with Gasteiger partial charge in [0.1, 0.15) is 0 Å². The summed E-state index contributed by atoms with van der Waals surface area (Å²) < 4.78 is 10.9. The Bertz CT molecular complexity index is 289. The second-order valence-electron chi connectivity index (χ2n) is 3.25. The molecule has 0 saturated carbocycles. The monoisotopic (exact) mass is 210 g/mol. The Hall–Kier alpha value is -1.00. The average Bonchev–Trinajstić information content (AvgIpc) is 2.16. The van der Waals surface area contributed by atoms with E-state index in [1.54, 1.807) is 0 Å². The van der Waals surface area contributed by atoms with Crippen molar-refractivity contribution < 1.29 is 9.47 Å². The summed E-state index contributed by atoms with van der Waals surface area (Å²) in [6.45, 7) is 8.89. The van der Waals surface area contributed by atoms with E-state index in [9.17, 15) is 0 Å². The van der Waals surface area contributed by atoms with Crippen LogP contribution in [0.3, 0.4) is 0 Å². The molecule has 0 aliphatic rings. The van der Waals surface area contributed by atoms with Gasteiger partial charge in [0.05, 0.1) is 0 Å². The Morgan fingerprint density at radius 1 is 1.07 bits per heavy atom. The first kappa shape index (κ1) is 12.1. The lowest BCUT2D eigenvalue weighted by atomic mass is 10.3. The van der Waals surface area contributed by atoms with Gasteiger partial charge in [0.2, 0.25) is 6.29 Å². The van der Waals surface area contributed by atoms with E-state index >= 15 is 0 Å². The number of hydrogen-bond donors (Lipinski definition) is 0. The van der Waals surface area contributed by atoms with E-state index in [1.165, 1.54) is 0 Å². The number of ether oxygens (including phenoxy) is 2. The molecule has 1 aromatic heterocycles. The van der Waals surface area contributed by atoms with Crippen molar-refractivity contribution in [1.29, 1.82) is 0 Å². The fourth-order valence-corrected chi connectivity index (χ4v) is 1.36. The third kappa shape index (κ3) is 3.57. The maximum absolute atomic E-state index is 5.43. The predicted octanol–water partition coefficient (Wildman–Crippen LogP) is 2.17. The lowest BCUT2D eigenvalue weighted by Gasteiger charge is -2.15. The summed E-state index contributed by atoms with van der Waals surface area (Å²) in [5, 5.41) is 0. The molecule has 0 atom stereocenters. The van der Waals surface area contributed by atoms with E-state index in [2.05, 4.69) is 9.97 Å². The van der Waals surface area contributed by atoms with Crippen LogP contribution in [-0.2, 0) is 9.47 Å². The largest absolute Gasteiger partial charge is 0.346 e. The average molecular weight is 210 g/mol. The number of rotatable bonds is 5. The van der Waals surface area contributed by atoms with Gasteiger partial charge in [-0.15, -0.1) is 0 Å². The highest BCUT2D eigenvalue weighted by Gasteiger charge is 2.15. The molecule has 0 radical (unpaired) electrons. The molecular formula is C11H18N2O2. The summed E-state index contributed by atoms with van der Waals surface area (Å²) in [6.07, 6.45) is -0.446. The van der Waals surface area contributed by atoms with Crippen molar-refractivity contribution in [2.45, 2.75) is 34.0 Å². The molecule has 0 aliphatic carbocycles. The minimum absolute atomic E-state index is 0.446. The number of aryl methyl sites for hydroxylation is 2. The quantitative estimate of drug-likeness (QED) is 0.699. The molecule has 1 aromatic rings. The smallest absolute Gasteiger partial charge is 0.219 e. The molecule has 0 aliphatic heterocycles. The van der Waals surface area contributed by atoms with Crippen molar-refractivity contribution in [3.63, 3.8) is 0 Å². The molecule has 0 N–H and O–H groups in total. The maximum atomic E-state index is 5.43. The minimum atomic E-state index is -0.446. The predicted molar refractivity (Wildman–Crippen MR) is 57.5 cm³/mol. The SMILES string of the molecule is CCOC(OCC)c1nc(C)cc(C)n1. The second kappa shape index (κ2) is 5.78. The Labute approximate surface area is 90.7 Å². The van der Waals surface area contributed by atoms with Crippen molar-refractivity contribution in [1.82, 2.24) is 9.97 Å². The highest BCUT2D eigenvalue weighted by Crippen LogP contribution is 2.15. The van der Waals surface area contributed by atoms with Crippen molar-refractivity contribution in [3.8, 4) is 0 Å². The van der Waals surface area contributed by atoms with Gasteiger partial charge in [-0.1, -0.05) is 0 Å². The first-order valence-electron chi connectivity index (χ1n) is 5.22. The molecule has 15 heavy (non-hydrogen) atoms. The van der Waals surface area contributed by atoms with Gasteiger partial charge in [0.15, 0.2) is 5.82 Å². The molecule has 1 heterocycles. The van der Waals surface area contributed by atoms with E-state index in [4.69, 9.17) is 9.47 Å². The molecule has 0 aromatic carbocycles. The topological polar surface area (TPSA) is 44.2 Å². The van der Waals surface area contributed by atoms with Gasteiger partial charge in [-0.25, -0.2) is 9.97 Å². The lowest BCUT2D eigenvalue weighted by molar-refractivity contribution is -0.145. The van der Waals surface area contributed by atoms with Crippen molar-refractivity contribution in [2.24, 2.45) is 0 Å². The van der Waals surface area contributed by atoms with Crippen LogP contribution >= 0.6 is 0 Å². The van der Waals surface area contributed by atoms with Gasteiger partial charge >= 0.3 is 0 Å². The van der Waals surface area contributed by atoms with Crippen LogP contribution in [-0.4, -0.2) is 23.2 Å². The van der Waals surface area contributed by atoms with Crippen LogP contribution in [0.2, 0.25) is 0 Å². The van der Waals surface area contributed by atoms with Crippen molar-refractivity contribution in [2.75, 3.05) is 13.2 Å². The molecule has 0 fully saturated rings. The van der Waals surface area contributed by atoms with Gasteiger partial charge < -0.3 is 9.47 Å². The van der Waals surface area contributed by atoms with Gasteiger partial charge in [-0.05, 0) is 33.8 Å². The molecule has 1 rings (SSSR count). The van der Waals surface area contributed by atoms with Gasteiger partial charge in [0, 0.05) is 24.6 Å². The van der Waals surface area contributed by atoms with Crippen LogP contribution in [0.15, 0.2) is 6.07 Å². The van der Waals surface area contributed by atoms with Gasteiger partial charge in [-0.2, -0.15) is 0 Å². The molecule has 84 valence electrons. The summed E-state index contributed by atoms with van der Waals surface area (Å²) in [7, 11) is 0. The number of aromatic nitrogens is 2. The molecule has 0 amide bonds. The Balaban J connectivity index is 2.88. The molecular weight excluding hydrogens is 192 g/mol. The standard InChI is InChI=1S/C11H18N2O2/c1-5-14-11(15-6-2)10-12-8(3)7-9(4)13-10/h7,11H,5-6H2,1-4H3. The van der Waals surface area contributed by atoms with E-state index in [1.807, 2.05) is 33.8 Å². The summed E-state index contributed by atoms with van der Waals surface area (Å²) in [6, 6.07) is 1.93. The molecule has 4 heteroatoms. The molecule has 0 spiro atoms. The van der Waals surface area contributed by atoms with Crippen molar-refractivity contribution >= 4 is 0 Å². The Kier molecular flexibility index (Phi) is 4.65. The van der Waals surface area contributed by atoms with Crippen LogP contribution in [0.5, 0.6) is 0 Å². The Morgan fingerprint density at radius 2 is 1.53 bits per heavy atom. The summed E-state index contributed by atoms with van der Waals surface area (Å²) >= 11 is 0. The fraction of sp³-hybridized carbons (Fsp3) is 0.636. The van der Waals surface area contributed by atoms with Gasteiger partial charge in [-0.3, -0.25) is 0 Å². The van der Waals surface area contributed by atoms with E-state index in [0.29, 0.717) is 19.0 Å². The van der Waals surface area contributed by atoms with Crippen LogP contribution in [0, 0.1) is 13.8 Å². The summed E-state index contributed by atoms with van der Waals surface area (Å²) in [5.41, 5.74) is 1.86. The molecule has 0 saturated heterocycles. The zero-order valence-electron chi connectivity index (χ0n) is 9.78. The zero-order valence-corrected chi connectivity index (χ0v) is 9.78. The second-order valence-corrected chi connectivity index (χ2v) is 3.25. The van der Waals surface area contributed by atoms with Crippen LogP contribution in [0.4, 0.5) is 0 Å². The highest BCUT2D eigenvalue weighted by atomic mass is 16.7. The van der Waals surface area contributed by atoms with Crippen molar-refractivity contribution in [3.05, 3.63) is 23.3 Å². The van der Waals surface area contributed by atoms with E-state index < -0.39 is 6.29 Å². The fourth-order valence-electron chi connectivity index (χ4n) is 1.36.